The molecule has 5 heteroatoms. The summed E-state index contributed by atoms with van der Waals surface area (Å²) in [7, 11) is 1.18. The van der Waals surface area contributed by atoms with Gasteiger partial charge in [-0.05, 0) is 18.2 Å². The summed E-state index contributed by atoms with van der Waals surface area (Å²) in [5.41, 5.74) is -0.274. The van der Waals surface area contributed by atoms with Gasteiger partial charge in [-0.2, -0.15) is 0 Å². The highest BCUT2D eigenvalue weighted by atomic mass is 79.9. The molecule has 80 valence electrons. The first-order valence-corrected chi connectivity index (χ1v) is 4.74. The molecule has 0 saturated heterocycles. The van der Waals surface area contributed by atoms with Gasteiger partial charge in [-0.15, -0.1) is 0 Å². The van der Waals surface area contributed by atoms with Gasteiger partial charge in [0.25, 0.3) is 0 Å². The standard InChI is InChI=1S/C10H7BrF2O2/c1-15-10(14)3-2-7-8(12)4-6(11)5-9(7)13/h2-5H,1H3/b3-2+. The molecule has 0 aliphatic rings. The summed E-state index contributed by atoms with van der Waals surface area (Å²) < 4.78 is 31.0. The van der Waals surface area contributed by atoms with E-state index in [4.69, 9.17) is 0 Å². The summed E-state index contributed by atoms with van der Waals surface area (Å²) in [5.74, 6) is -2.17. The van der Waals surface area contributed by atoms with Crippen LogP contribution in [0.1, 0.15) is 5.56 Å². The average Bonchev–Trinajstić information content (AvgIpc) is 2.15. The van der Waals surface area contributed by atoms with E-state index in [1.165, 1.54) is 7.11 Å². The van der Waals surface area contributed by atoms with E-state index in [9.17, 15) is 13.6 Å². The number of halogens is 3. The van der Waals surface area contributed by atoms with Crippen molar-refractivity contribution in [3.63, 3.8) is 0 Å². The first kappa shape index (κ1) is 11.8. The van der Waals surface area contributed by atoms with Crippen LogP contribution in [0.2, 0.25) is 0 Å². The highest BCUT2D eigenvalue weighted by Gasteiger charge is 2.07. The zero-order valence-corrected chi connectivity index (χ0v) is 9.35. The Morgan fingerprint density at radius 1 is 1.40 bits per heavy atom. The summed E-state index contributed by atoms with van der Waals surface area (Å²) >= 11 is 2.95. The van der Waals surface area contributed by atoms with E-state index in [1.807, 2.05) is 0 Å². The summed E-state index contributed by atoms with van der Waals surface area (Å²) in [6, 6.07) is 2.22. The van der Waals surface area contributed by atoms with Gasteiger partial charge in [0.1, 0.15) is 11.6 Å². The number of ether oxygens (including phenoxy) is 1. The molecule has 0 N–H and O–H groups in total. The second kappa shape index (κ2) is 5.02. The Morgan fingerprint density at radius 2 is 1.93 bits per heavy atom. The van der Waals surface area contributed by atoms with Gasteiger partial charge in [-0.3, -0.25) is 0 Å². The minimum atomic E-state index is -0.748. The molecule has 0 aromatic heterocycles. The predicted octanol–water partition coefficient (Wildman–Crippen LogP) is 2.91. The van der Waals surface area contributed by atoms with Gasteiger partial charge in [0.2, 0.25) is 0 Å². The number of benzene rings is 1. The minimum absolute atomic E-state index is 0.274. The van der Waals surface area contributed by atoms with E-state index in [1.54, 1.807) is 0 Å². The third-order valence-corrected chi connectivity index (χ3v) is 2.09. The lowest BCUT2D eigenvalue weighted by molar-refractivity contribution is -0.134. The molecular formula is C10H7BrF2O2. The Labute approximate surface area is 93.7 Å². The predicted molar refractivity (Wildman–Crippen MR) is 55.1 cm³/mol. The van der Waals surface area contributed by atoms with E-state index in [2.05, 4.69) is 20.7 Å². The molecule has 0 radical (unpaired) electrons. The number of methoxy groups -OCH3 is 1. The molecule has 0 spiro atoms. The van der Waals surface area contributed by atoms with Crippen molar-refractivity contribution in [3.8, 4) is 0 Å². The van der Waals surface area contributed by atoms with Crippen LogP contribution in [0.3, 0.4) is 0 Å². The number of carbonyl (C=O) groups excluding carboxylic acids is 1. The van der Waals surface area contributed by atoms with Crippen LogP contribution in [-0.2, 0) is 9.53 Å². The van der Waals surface area contributed by atoms with Crippen LogP contribution in [0.4, 0.5) is 8.78 Å². The summed E-state index contributed by atoms with van der Waals surface area (Å²) in [6.07, 6.45) is 1.98. The van der Waals surface area contributed by atoms with Gasteiger partial charge in [-0.25, -0.2) is 13.6 Å². The maximum atomic E-state index is 13.2. The number of rotatable bonds is 2. The molecule has 0 atom stereocenters. The molecule has 0 unspecified atom stereocenters. The third-order valence-electron chi connectivity index (χ3n) is 1.63. The highest BCUT2D eigenvalue weighted by molar-refractivity contribution is 9.10. The van der Waals surface area contributed by atoms with E-state index in [0.29, 0.717) is 4.47 Å². The van der Waals surface area contributed by atoms with Crippen LogP contribution < -0.4 is 0 Å². The van der Waals surface area contributed by atoms with Gasteiger partial charge in [0.15, 0.2) is 0 Å². The fraction of sp³-hybridized carbons (Fsp3) is 0.100. The zero-order chi connectivity index (χ0) is 11.4. The topological polar surface area (TPSA) is 26.3 Å². The Morgan fingerprint density at radius 3 is 2.40 bits per heavy atom. The molecular weight excluding hydrogens is 270 g/mol. The number of hydrogen-bond donors (Lipinski definition) is 0. The third kappa shape index (κ3) is 3.13. The number of carbonyl (C=O) groups is 1. The van der Waals surface area contributed by atoms with Crippen molar-refractivity contribution >= 4 is 28.0 Å². The van der Waals surface area contributed by atoms with Crippen LogP contribution >= 0.6 is 15.9 Å². The average molecular weight is 277 g/mol. The van der Waals surface area contributed by atoms with Crippen LogP contribution in [0, 0.1) is 11.6 Å². The number of hydrogen-bond acceptors (Lipinski definition) is 2. The molecule has 0 heterocycles. The molecule has 0 saturated carbocycles. The quantitative estimate of drug-likeness (QED) is 0.613. The molecule has 0 bridgehead atoms. The van der Waals surface area contributed by atoms with E-state index < -0.39 is 17.6 Å². The monoisotopic (exact) mass is 276 g/mol. The van der Waals surface area contributed by atoms with Gasteiger partial charge in [-0.1, -0.05) is 15.9 Å². The normalized spacial score (nSPS) is 10.7. The van der Waals surface area contributed by atoms with Crippen molar-refractivity contribution in [2.75, 3.05) is 7.11 Å². The van der Waals surface area contributed by atoms with Crippen molar-refractivity contribution < 1.29 is 18.3 Å². The Balaban J connectivity index is 3.05. The molecule has 0 aliphatic heterocycles. The molecule has 0 fully saturated rings. The van der Waals surface area contributed by atoms with Gasteiger partial charge in [0.05, 0.1) is 7.11 Å². The Bertz CT molecular complexity index is 393. The Hall–Kier alpha value is -1.23. The van der Waals surface area contributed by atoms with Gasteiger partial charge < -0.3 is 4.74 Å². The summed E-state index contributed by atoms with van der Waals surface area (Å²) in [5, 5.41) is 0. The molecule has 1 aromatic rings. The van der Waals surface area contributed by atoms with Crippen LogP contribution in [-0.4, -0.2) is 13.1 Å². The fourth-order valence-electron chi connectivity index (χ4n) is 0.932. The highest BCUT2D eigenvalue weighted by Crippen LogP contribution is 2.20. The molecule has 0 aliphatic carbocycles. The maximum Gasteiger partial charge on any atom is 0.330 e. The lowest BCUT2D eigenvalue weighted by Crippen LogP contribution is -1.95. The van der Waals surface area contributed by atoms with Gasteiger partial charge >= 0.3 is 5.97 Å². The van der Waals surface area contributed by atoms with Crippen LogP contribution in [0.25, 0.3) is 6.08 Å². The minimum Gasteiger partial charge on any atom is -0.466 e. The maximum absolute atomic E-state index is 13.2. The second-order valence-corrected chi connectivity index (χ2v) is 3.56. The second-order valence-electron chi connectivity index (χ2n) is 2.64. The SMILES string of the molecule is COC(=O)/C=C/c1c(F)cc(Br)cc1F. The summed E-state index contributed by atoms with van der Waals surface area (Å²) in [4.78, 5) is 10.7. The van der Waals surface area contributed by atoms with Crippen LogP contribution in [0.5, 0.6) is 0 Å². The fourth-order valence-corrected chi connectivity index (χ4v) is 1.33. The molecule has 0 amide bonds. The lowest BCUT2D eigenvalue weighted by atomic mass is 10.2. The first-order valence-electron chi connectivity index (χ1n) is 3.95. The van der Waals surface area contributed by atoms with Crippen LogP contribution in [0.15, 0.2) is 22.7 Å². The van der Waals surface area contributed by atoms with E-state index >= 15 is 0 Å². The number of esters is 1. The molecule has 1 aromatic carbocycles. The van der Waals surface area contributed by atoms with Crippen molar-refractivity contribution in [3.05, 3.63) is 39.9 Å². The molecule has 15 heavy (non-hydrogen) atoms. The van der Waals surface area contributed by atoms with Crippen molar-refractivity contribution in [1.82, 2.24) is 0 Å². The van der Waals surface area contributed by atoms with E-state index in [0.717, 1.165) is 24.3 Å². The molecule has 1 rings (SSSR count). The zero-order valence-electron chi connectivity index (χ0n) is 7.76. The Kier molecular flexibility index (Phi) is 3.96. The van der Waals surface area contributed by atoms with Gasteiger partial charge in [0, 0.05) is 16.1 Å². The smallest absolute Gasteiger partial charge is 0.330 e. The van der Waals surface area contributed by atoms with Crippen molar-refractivity contribution in [1.29, 1.82) is 0 Å². The van der Waals surface area contributed by atoms with E-state index in [-0.39, 0.29) is 5.56 Å². The summed E-state index contributed by atoms with van der Waals surface area (Å²) in [6.45, 7) is 0. The lowest BCUT2D eigenvalue weighted by Gasteiger charge is -2.00. The van der Waals surface area contributed by atoms with Crippen molar-refractivity contribution in [2.45, 2.75) is 0 Å². The van der Waals surface area contributed by atoms with Crippen molar-refractivity contribution in [2.24, 2.45) is 0 Å². The molecule has 2 nitrogen and oxygen atoms in total. The first-order chi connectivity index (χ1) is 7.04. The largest absolute Gasteiger partial charge is 0.466 e.